The van der Waals surface area contributed by atoms with Crippen molar-refractivity contribution in [1.82, 2.24) is 10.6 Å². The number of benzene rings is 2. The van der Waals surface area contributed by atoms with Crippen LogP contribution in [0.2, 0.25) is 5.02 Å². The van der Waals surface area contributed by atoms with Crippen LogP contribution in [0.1, 0.15) is 11.1 Å². The van der Waals surface area contributed by atoms with E-state index in [-0.39, 0.29) is 11.8 Å². The molecule has 0 aliphatic heterocycles. The Morgan fingerprint density at radius 2 is 1.86 bits per heavy atom. The predicted octanol–water partition coefficient (Wildman–Crippen LogP) is 3.95. The molecule has 0 bridgehead atoms. The number of rotatable bonds is 4. The van der Waals surface area contributed by atoms with Crippen LogP contribution < -0.4 is 10.6 Å². The highest BCUT2D eigenvalue weighted by atomic mass is 35.5. The van der Waals surface area contributed by atoms with Crippen molar-refractivity contribution in [2.45, 2.75) is 6.54 Å². The highest BCUT2D eigenvalue weighted by Gasteiger charge is 1.99. The van der Waals surface area contributed by atoms with Gasteiger partial charge in [0.05, 0.1) is 0 Å². The van der Waals surface area contributed by atoms with E-state index >= 15 is 0 Å². The summed E-state index contributed by atoms with van der Waals surface area (Å²) >= 11 is 5.98. The number of amides is 2. The monoisotopic (exact) mass is 304 g/mol. The second kappa shape index (κ2) is 7.45. The number of carbonyl (C=O) groups is 1. The van der Waals surface area contributed by atoms with E-state index in [0.29, 0.717) is 11.6 Å². The Kier molecular flexibility index (Phi) is 5.35. The summed E-state index contributed by atoms with van der Waals surface area (Å²) in [6, 6.07) is 12.9. The highest BCUT2D eigenvalue weighted by molar-refractivity contribution is 6.32. The molecule has 0 aliphatic rings. The zero-order chi connectivity index (χ0) is 15.1. The lowest BCUT2D eigenvalue weighted by Gasteiger charge is -2.04. The van der Waals surface area contributed by atoms with Gasteiger partial charge in [0.1, 0.15) is 5.82 Å². The van der Waals surface area contributed by atoms with Crippen molar-refractivity contribution in [3.05, 3.63) is 76.7 Å². The van der Waals surface area contributed by atoms with Crippen molar-refractivity contribution in [3.8, 4) is 0 Å². The molecule has 0 heterocycles. The zero-order valence-corrected chi connectivity index (χ0v) is 11.9. The van der Waals surface area contributed by atoms with Crippen molar-refractivity contribution < 1.29 is 9.18 Å². The molecule has 2 N–H and O–H groups in total. The lowest BCUT2D eigenvalue weighted by molar-refractivity contribution is 0.244. The Morgan fingerprint density at radius 1 is 1.14 bits per heavy atom. The second-order valence-corrected chi connectivity index (χ2v) is 4.72. The zero-order valence-electron chi connectivity index (χ0n) is 11.1. The van der Waals surface area contributed by atoms with Gasteiger partial charge >= 0.3 is 6.03 Å². The van der Waals surface area contributed by atoms with Crippen LogP contribution in [-0.2, 0) is 6.54 Å². The third-order valence-electron chi connectivity index (χ3n) is 2.75. The lowest BCUT2D eigenvalue weighted by Crippen LogP contribution is -2.31. The number of nitrogens with one attached hydrogen (secondary N) is 2. The molecule has 21 heavy (non-hydrogen) atoms. The molecule has 0 saturated heterocycles. The van der Waals surface area contributed by atoms with Gasteiger partial charge in [-0.3, -0.25) is 0 Å². The van der Waals surface area contributed by atoms with Gasteiger partial charge in [-0.1, -0.05) is 41.9 Å². The van der Waals surface area contributed by atoms with E-state index in [9.17, 15) is 9.18 Å². The number of urea groups is 1. The first-order chi connectivity index (χ1) is 10.1. The Labute approximate surface area is 127 Å². The van der Waals surface area contributed by atoms with Crippen LogP contribution in [-0.4, -0.2) is 6.03 Å². The molecule has 2 amide bonds. The minimum atomic E-state index is -0.345. The van der Waals surface area contributed by atoms with Crippen molar-refractivity contribution in [3.63, 3.8) is 0 Å². The molecule has 0 saturated carbocycles. The van der Waals surface area contributed by atoms with E-state index in [2.05, 4.69) is 10.6 Å². The Hall–Kier alpha value is -2.33. The topological polar surface area (TPSA) is 41.1 Å². The van der Waals surface area contributed by atoms with Crippen LogP contribution in [0.25, 0.3) is 6.08 Å². The third kappa shape index (κ3) is 4.93. The van der Waals surface area contributed by atoms with E-state index in [1.54, 1.807) is 24.3 Å². The van der Waals surface area contributed by atoms with Gasteiger partial charge in [0.25, 0.3) is 0 Å². The number of hydrogen-bond donors (Lipinski definition) is 2. The fourth-order valence-electron chi connectivity index (χ4n) is 1.65. The van der Waals surface area contributed by atoms with Crippen LogP contribution in [0.3, 0.4) is 0 Å². The first-order valence-electron chi connectivity index (χ1n) is 6.35. The molecule has 2 aromatic rings. The van der Waals surface area contributed by atoms with Crippen molar-refractivity contribution in [1.29, 1.82) is 0 Å². The van der Waals surface area contributed by atoms with E-state index in [0.717, 1.165) is 11.1 Å². The van der Waals surface area contributed by atoms with Crippen LogP contribution in [0, 0.1) is 5.82 Å². The van der Waals surface area contributed by atoms with Gasteiger partial charge in [-0.2, -0.15) is 0 Å². The quantitative estimate of drug-likeness (QED) is 0.882. The molecule has 0 radical (unpaired) electrons. The fourth-order valence-corrected chi connectivity index (χ4v) is 1.85. The summed E-state index contributed by atoms with van der Waals surface area (Å²) in [5.74, 6) is -0.300. The van der Waals surface area contributed by atoms with E-state index in [1.807, 2.05) is 18.2 Å². The molecule has 5 heteroatoms. The molecular weight excluding hydrogens is 291 g/mol. The van der Waals surface area contributed by atoms with Gasteiger partial charge in [-0.25, -0.2) is 9.18 Å². The average Bonchev–Trinajstić information content (AvgIpc) is 2.49. The highest BCUT2D eigenvalue weighted by Crippen LogP contribution is 2.15. The minimum Gasteiger partial charge on any atom is -0.334 e. The van der Waals surface area contributed by atoms with Gasteiger partial charge < -0.3 is 10.6 Å². The molecular formula is C16H14ClFN2O. The van der Waals surface area contributed by atoms with Gasteiger partial charge in [-0.15, -0.1) is 0 Å². The van der Waals surface area contributed by atoms with E-state index < -0.39 is 0 Å². The standard InChI is InChI=1S/C16H14ClFN2O/c17-15-4-2-1-3-13(15)9-10-19-16(21)20-11-12-5-7-14(18)8-6-12/h1-10H,11H2,(H2,19,20,21)/b10-9+. The van der Waals surface area contributed by atoms with Crippen molar-refractivity contribution >= 4 is 23.7 Å². The molecule has 0 spiro atoms. The summed E-state index contributed by atoms with van der Waals surface area (Å²) < 4.78 is 12.7. The number of hydrogen-bond acceptors (Lipinski definition) is 1. The molecule has 0 atom stereocenters. The van der Waals surface area contributed by atoms with Crippen LogP contribution >= 0.6 is 11.6 Å². The van der Waals surface area contributed by atoms with Crippen LogP contribution in [0.15, 0.2) is 54.7 Å². The largest absolute Gasteiger partial charge is 0.334 e. The molecule has 2 aromatic carbocycles. The first-order valence-corrected chi connectivity index (χ1v) is 6.73. The van der Waals surface area contributed by atoms with Gasteiger partial charge in [-0.05, 0) is 35.4 Å². The summed E-state index contributed by atoms with van der Waals surface area (Å²) in [7, 11) is 0. The molecule has 108 valence electrons. The summed E-state index contributed by atoms with van der Waals surface area (Å²) in [4.78, 5) is 11.6. The lowest BCUT2D eigenvalue weighted by atomic mass is 10.2. The van der Waals surface area contributed by atoms with Crippen LogP contribution in [0.4, 0.5) is 9.18 Å². The number of carbonyl (C=O) groups excluding carboxylic acids is 1. The Bertz CT molecular complexity index is 641. The Balaban J connectivity index is 1.80. The van der Waals surface area contributed by atoms with Crippen molar-refractivity contribution in [2.75, 3.05) is 0 Å². The van der Waals surface area contributed by atoms with E-state index in [1.165, 1.54) is 18.3 Å². The maximum Gasteiger partial charge on any atom is 0.319 e. The predicted molar refractivity (Wildman–Crippen MR) is 82.3 cm³/mol. The summed E-state index contributed by atoms with van der Waals surface area (Å²) in [5, 5.41) is 5.85. The van der Waals surface area contributed by atoms with Gasteiger partial charge in [0, 0.05) is 17.8 Å². The van der Waals surface area contributed by atoms with Gasteiger partial charge in [0.2, 0.25) is 0 Å². The summed E-state index contributed by atoms with van der Waals surface area (Å²) in [6.07, 6.45) is 3.22. The third-order valence-corrected chi connectivity index (χ3v) is 3.09. The smallest absolute Gasteiger partial charge is 0.319 e. The fraction of sp³-hybridized carbons (Fsp3) is 0.0625. The normalized spacial score (nSPS) is 10.6. The molecule has 0 fully saturated rings. The number of halogens is 2. The van der Waals surface area contributed by atoms with Crippen LogP contribution in [0.5, 0.6) is 0 Å². The molecule has 0 unspecified atom stereocenters. The minimum absolute atomic E-state index is 0.300. The maximum atomic E-state index is 12.7. The Morgan fingerprint density at radius 3 is 2.57 bits per heavy atom. The second-order valence-electron chi connectivity index (χ2n) is 4.31. The van der Waals surface area contributed by atoms with Gasteiger partial charge in [0.15, 0.2) is 0 Å². The molecule has 2 rings (SSSR count). The molecule has 3 nitrogen and oxygen atoms in total. The summed E-state index contributed by atoms with van der Waals surface area (Å²) in [5.41, 5.74) is 1.64. The molecule has 0 aliphatic carbocycles. The first kappa shape index (κ1) is 15.1. The molecule has 0 aromatic heterocycles. The van der Waals surface area contributed by atoms with E-state index in [4.69, 9.17) is 11.6 Å². The SMILES string of the molecule is O=C(N/C=C/c1ccccc1Cl)NCc1ccc(F)cc1. The summed E-state index contributed by atoms with van der Waals surface area (Å²) in [6.45, 7) is 0.325. The average molecular weight is 305 g/mol. The maximum absolute atomic E-state index is 12.7. The van der Waals surface area contributed by atoms with Crippen molar-refractivity contribution in [2.24, 2.45) is 0 Å².